The maximum atomic E-state index is 5.77. The van der Waals surface area contributed by atoms with Crippen LogP contribution >= 0.6 is 12.2 Å². The summed E-state index contributed by atoms with van der Waals surface area (Å²) in [5.41, 5.74) is 2.42. The Morgan fingerprint density at radius 1 is 1.12 bits per heavy atom. The van der Waals surface area contributed by atoms with E-state index in [0.29, 0.717) is 24.1 Å². The molecule has 0 spiro atoms. The number of nitrogens with one attached hydrogen (secondary N) is 2. The van der Waals surface area contributed by atoms with Crippen LogP contribution in [0, 0.1) is 0 Å². The second-order valence-electron chi connectivity index (χ2n) is 7.82. The minimum atomic E-state index is 0.482. The molecule has 2 N–H and O–H groups in total. The smallest absolute Gasteiger partial charge is 0.213 e. The molecule has 0 aliphatic carbocycles. The van der Waals surface area contributed by atoms with Crippen LogP contribution in [0.3, 0.4) is 0 Å². The van der Waals surface area contributed by atoms with Gasteiger partial charge in [0.2, 0.25) is 5.88 Å². The molecule has 7 heteroatoms. The quantitative estimate of drug-likeness (QED) is 0.396. The number of likely N-dealkylation sites (tertiary alicyclic amines) is 1. The first-order valence-corrected chi connectivity index (χ1v) is 11.7. The highest BCUT2D eigenvalue weighted by molar-refractivity contribution is 7.80. The lowest BCUT2D eigenvalue weighted by molar-refractivity contribution is 0.220. The van der Waals surface area contributed by atoms with Crippen LogP contribution in [0.2, 0.25) is 0 Å². The highest BCUT2D eigenvalue weighted by Crippen LogP contribution is 2.17. The molecule has 0 unspecified atom stereocenters. The van der Waals surface area contributed by atoms with Crippen molar-refractivity contribution in [2.45, 2.75) is 32.2 Å². The first-order valence-electron chi connectivity index (χ1n) is 11.3. The third-order valence-corrected chi connectivity index (χ3v) is 5.69. The maximum absolute atomic E-state index is 5.77. The van der Waals surface area contributed by atoms with Crippen LogP contribution in [0.15, 0.2) is 54.7 Å². The van der Waals surface area contributed by atoms with Gasteiger partial charge in [-0.3, -0.25) is 4.90 Å². The fourth-order valence-corrected chi connectivity index (χ4v) is 3.91. The van der Waals surface area contributed by atoms with E-state index >= 15 is 0 Å². The number of nitrogens with zero attached hydrogens (tertiary/aromatic N) is 2. The Balaban J connectivity index is 1.29. The summed E-state index contributed by atoms with van der Waals surface area (Å²) in [4.78, 5) is 6.82. The summed E-state index contributed by atoms with van der Waals surface area (Å²) < 4.78 is 11.1. The standard InChI is InChI=1S/C25H34N4O2S/c1-30-23-10-4-3-9-22(23)12-15-28-25(32)27-13-5-8-18-31-24-19-21(11-14-26-24)20-29-16-6-2-7-17-29/h3-5,8-11,14,19H,2,6-7,12-13,15-18,20H2,1H3,(H2,27,28,32)/b8-5-. The Morgan fingerprint density at radius 2 is 1.97 bits per heavy atom. The number of hydrogen-bond donors (Lipinski definition) is 2. The molecular formula is C25H34N4O2S. The molecule has 0 radical (unpaired) electrons. The molecular weight excluding hydrogens is 420 g/mol. The lowest BCUT2D eigenvalue weighted by Crippen LogP contribution is -2.36. The van der Waals surface area contributed by atoms with E-state index in [1.54, 1.807) is 7.11 Å². The average Bonchev–Trinajstić information content (AvgIpc) is 2.82. The molecule has 2 heterocycles. The van der Waals surface area contributed by atoms with E-state index in [4.69, 9.17) is 21.7 Å². The van der Waals surface area contributed by atoms with Crippen LogP contribution in [-0.2, 0) is 13.0 Å². The van der Waals surface area contributed by atoms with Crippen LogP contribution < -0.4 is 20.1 Å². The number of benzene rings is 1. The topological polar surface area (TPSA) is 58.6 Å². The molecule has 6 nitrogen and oxygen atoms in total. The molecule has 1 aromatic heterocycles. The zero-order valence-corrected chi connectivity index (χ0v) is 19.7. The predicted molar refractivity (Wildman–Crippen MR) is 133 cm³/mol. The number of para-hydroxylation sites is 1. The van der Waals surface area contributed by atoms with Crippen LogP contribution in [-0.4, -0.2) is 54.9 Å². The van der Waals surface area contributed by atoms with Crippen molar-refractivity contribution < 1.29 is 9.47 Å². The van der Waals surface area contributed by atoms with Crippen molar-refractivity contribution in [2.24, 2.45) is 0 Å². The molecule has 2 aromatic rings. The van der Waals surface area contributed by atoms with Crippen LogP contribution in [0.4, 0.5) is 0 Å². The number of thiocarbonyl (C=S) groups is 1. The molecule has 0 amide bonds. The van der Waals surface area contributed by atoms with Gasteiger partial charge in [-0.2, -0.15) is 0 Å². The highest BCUT2D eigenvalue weighted by atomic mass is 32.1. The van der Waals surface area contributed by atoms with Gasteiger partial charge in [-0.1, -0.05) is 30.7 Å². The molecule has 1 aliphatic rings. The number of methoxy groups -OCH3 is 1. The summed E-state index contributed by atoms with van der Waals surface area (Å²) in [7, 11) is 1.69. The van der Waals surface area contributed by atoms with Gasteiger partial charge in [0.15, 0.2) is 5.11 Å². The van der Waals surface area contributed by atoms with E-state index in [2.05, 4.69) is 32.7 Å². The van der Waals surface area contributed by atoms with Gasteiger partial charge < -0.3 is 20.1 Å². The number of hydrogen-bond acceptors (Lipinski definition) is 5. The van der Waals surface area contributed by atoms with Crippen molar-refractivity contribution in [3.8, 4) is 11.6 Å². The molecule has 0 atom stereocenters. The molecule has 32 heavy (non-hydrogen) atoms. The van der Waals surface area contributed by atoms with E-state index < -0.39 is 0 Å². The first-order chi connectivity index (χ1) is 15.7. The number of aromatic nitrogens is 1. The number of ether oxygens (including phenoxy) is 2. The summed E-state index contributed by atoms with van der Waals surface area (Å²) in [5.74, 6) is 1.58. The van der Waals surface area contributed by atoms with Gasteiger partial charge >= 0.3 is 0 Å². The van der Waals surface area contributed by atoms with E-state index in [1.165, 1.54) is 37.9 Å². The van der Waals surface area contributed by atoms with Crippen molar-refractivity contribution >= 4 is 17.3 Å². The van der Waals surface area contributed by atoms with Gasteiger partial charge in [-0.25, -0.2) is 4.98 Å². The third-order valence-electron chi connectivity index (χ3n) is 5.40. The summed E-state index contributed by atoms with van der Waals surface area (Å²) in [6.07, 6.45) is 10.6. The maximum Gasteiger partial charge on any atom is 0.213 e. The van der Waals surface area contributed by atoms with E-state index in [1.807, 2.05) is 42.6 Å². The van der Waals surface area contributed by atoms with Crippen molar-refractivity contribution in [1.82, 2.24) is 20.5 Å². The Kier molecular flexibility index (Phi) is 10.3. The molecule has 1 fully saturated rings. The summed E-state index contributed by atoms with van der Waals surface area (Å²) >= 11 is 5.33. The summed E-state index contributed by atoms with van der Waals surface area (Å²) in [6, 6.07) is 12.1. The monoisotopic (exact) mass is 454 g/mol. The second kappa shape index (κ2) is 13.7. The van der Waals surface area contributed by atoms with Gasteiger partial charge in [-0.15, -0.1) is 0 Å². The van der Waals surface area contributed by atoms with Gasteiger partial charge in [0.05, 0.1) is 7.11 Å². The normalized spacial score (nSPS) is 14.3. The van der Waals surface area contributed by atoms with Crippen LogP contribution in [0.25, 0.3) is 0 Å². The van der Waals surface area contributed by atoms with Crippen molar-refractivity contribution in [1.29, 1.82) is 0 Å². The third kappa shape index (κ3) is 8.48. The Hall–Kier alpha value is -2.64. The van der Waals surface area contributed by atoms with E-state index in [-0.39, 0.29) is 0 Å². The SMILES string of the molecule is COc1ccccc1CCNC(=S)NC/C=C\COc1cc(CN2CCCCC2)ccn1. The molecule has 0 saturated carbocycles. The number of piperidine rings is 1. The van der Waals surface area contributed by atoms with E-state index in [0.717, 1.165) is 30.8 Å². The fourth-order valence-electron chi connectivity index (χ4n) is 3.72. The van der Waals surface area contributed by atoms with Gasteiger partial charge in [0.25, 0.3) is 0 Å². The summed E-state index contributed by atoms with van der Waals surface area (Å²) in [5, 5.41) is 7.04. The van der Waals surface area contributed by atoms with Crippen LogP contribution in [0.1, 0.15) is 30.4 Å². The molecule has 1 saturated heterocycles. The molecule has 1 aromatic carbocycles. The zero-order valence-electron chi connectivity index (χ0n) is 18.9. The van der Waals surface area contributed by atoms with Crippen molar-refractivity contribution in [3.05, 3.63) is 65.9 Å². The van der Waals surface area contributed by atoms with Gasteiger partial charge in [0.1, 0.15) is 12.4 Å². The highest BCUT2D eigenvalue weighted by Gasteiger charge is 2.10. The largest absolute Gasteiger partial charge is 0.496 e. The Bertz CT molecular complexity index is 869. The minimum Gasteiger partial charge on any atom is -0.496 e. The van der Waals surface area contributed by atoms with Gasteiger partial charge in [-0.05, 0) is 73.9 Å². The summed E-state index contributed by atoms with van der Waals surface area (Å²) in [6.45, 7) is 5.22. The minimum absolute atomic E-state index is 0.482. The van der Waals surface area contributed by atoms with Gasteiger partial charge in [0, 0.05) is 31.9 Å². The lowest BCUT2D eigenvalue weighted by atomic mass is 10.1. The predicted octanol–water partition coefficient (Wildman–Crippen LogP) is 3.72. The van der Waals surface area contributed by atoms with E-state index in [9.17, 15) is 0 Å². The Labute approximate surface area is 197 Å². The van der Waals surface area contributed by atoms with Crippen molar-refractivity contribution in [2.75, 3.05) is 39.9 Å². The second-order valence-corrected chi connectivity index (χ2v) is 8.23. The zero-order chi connectivity index (χ0) is 22.4. The van der Waals surface area contributed by atoms with Crippen molar-refractivity contribution in [3.63, 3.8) is 0 Å². The molecule has 0 bridgehead atoms. The first kappa shape index (κ1) is 24.0. The fraction of sp³-hybridized carbons (Fsp3) is 0.440. The molecule has 172 valence electrons. The average molecular weight is 455 g/mol. The molecule has 3 rings (SSSR count). The number of rotatable bonds is 11. The lowest BCUT2D eigenvalue weighted by Gasteiger charge is -2.26. The van der Waals surface area contributed by atoms with Crippen LogP contribution in [0.5, 0.6) is 11.6 Å². The molecule has 1 aliphatic heterocycles. The Morgan fingerprint density at radius 3 is 2.81 bits per heavy atom. The number of pyridine rings is 1.